The minimum atomic E-state index is -0.439. The van der Waals surface area contributed by atoms with Gasteiger partial charge in [0.1, 0.15) is 6.61 Å². The molecule has 0 heterocycles. The summed E-state index contributed by atoms with van der Waals surface area (Å²) in [5.74, 6) is -0.439. The van der Waals surface area contributed by atoms with Crippen molar-refractivity contribution in [1.29, 1.82) is 0 Å². The van der Waals surface area contributed by atoms with Crippen molar-refractivity contribution < 1.29 is 9.53 Å². The second-order valence-electron chi connectivity index (χ2n) is 4.36. The molecule has 0 aliphatic heterocycles. The van der Waals surface area contributed by atoms with Crippen LogP contribution in [0.2, 0.25) is 10.0 Å². The summed E-state index contributed by atoms with van der Waals surface area (Å²) in [6.07, 6.45) is 0. The van der Waals surface area contributed by atoms with Gasteiger partial charge in [-0.1, -0.05) is 41.4 Å². The van der Waals surface area contributed by atoms with Crippen LogP contribution in [-0.4, -0.2) is 5.97 Å². The summed E-state index contributed by atoms with van der Waals surface area (Å²) in [6, 6.07) is 10.3. The third-order valence-electron chi connectivity index (χ3n) is 2.87. The third-order valence-corrected chi connectivity index (χ3v) is 3.73. The molecule has 0 saturated carbocycles. The first-order valence-electron chi connectivity index (χ1n) is 5.95. The Kier molecular flexibility index (Phi) is 4.53. The number of nitrogen functional groups attached to an aromatic ring is 1. The van der Waals surface area contributed by atoms with Gasteiger partial charge >= 0.3 is 5.97 Å². The zero-order chi connectivity index (χ0) is 14.7. The fourth-order valence-electron chi connectivity index (χ4n) is 1.74. The molecule has 104 valence electrons. The molecule has 0 fully saturated rings. The molecule has 20 heavy (non-hydrogen) atoms. The minimum Gasteiger partial charge on any atom is -0.457 e. The van der Waals surface area contributed by atoms with Crippen LogP contribution < -0.4 is 5.73 Å². The van der Waals surface area contributed by atoms with E-state index in [1.54, 1.807) is 36.4 Å². The predicted octanol–water partition coefficient (Wildman–Crippen LogP) is 4.24. The highest BCUT2D eigenvalue weighted by Crippen LogP contribution is 2.26. The molecule has 5 heteroatoms. The Balaban J connectivity index is 2.13. The molecule has 2 aromatic carbocycles. The van der Waals surface area contributed by atoms with Crippen LogP contribution in [-0.2, 0) is 11.3 Å². The zero-order valence-corrected chi connectivity index (χ0v) is 12.3. The Morgan fingerprint density at radius 2 is 2.00 bits per heavy atom. The van der Waals surface area contributed by atoms with Crippen LogP contribution in [0.15, 0.2) is 36.4 Å². The lowest BCUT2D eigenvalue weighted by Crippen LogP contribution is -2.08. The Labute approximate surface area is 127 Å². The van der Waals surface area contributed by atoms with Crippen LogP contribution in [0.3, 0.4) is 0 Å². The minimum absolute atomic E-state index is 0.0620. The van der Waals surface area contributed by atoms with Gasteiger partial charge in [0, 0.05) is 11.3 Å². The van der Waals surface area contributed by atoms with E-state index in [1.807, 2.05) is 6.92 Å². The Bertz CT molecular complexity index is 656. The van der Waals surface area contributed by atoms with Crippen molar-refractivity contribution in [2.24, 2.45) is 0 Å². The fourth-order valence-corrected chi connectivity index (χ4v) is 2.12. The van der Waals surface area contributed by atoms with Gasteiger partial charge in [0.25, 0.3) is 0 Å². The van der Waals surface area contributed by atoms with Crippen LogP contribution >= 0.6 is 23.2 Å². The average Bonchev–Trinajstić information content (AvgIpc) is 2.43. The van der Waals surface area contributed by atoms with Crippen LogP contribution in [0, 0.1) is 6.92 Å². The Morgan fingerprint density at radius 3 is 2.75 bits per heavy atom. The van der Waals surface area contributed by atoms with Crippen molar-refractivity contribution in [3.05, 3.63) is 63.1 Å². The van der Waals surface area contributed by atoms with Crippen molar-refractivity contribution in [2.45, 2.75) is 13.5 Å². The highest BCUT2D eigenvalue weighted by Gasteiger charge is 2.12. The van der Waals surface area contributed by atoms with Gasteiger partial charge in [-0.15, -0.1) is 0 Å². The third kappa shape index (κ3) is 3.24. The number of rotatable bonds is 3. The SMILES string of the molecule is Cc1ccc(N)cc1C(=O)OCc1cccc(Cl)c1Cl. The number of hydrogen-bond donors (Lipinski definition) is 1. The van der Waals surface area contributed by atoms with E-state index < -0.39 is 5.97 Å². The highest BCUT2D eigenvalue weighted by molar-refractivity contribution is 6.42. The van der Waals surface area contributed by atoms with E-state index in [0.717, 1.165) is 5.56 Å². The van der Waals surface area contributed by atoms with Crippen molar-refractivity contribution in [3.63, 3.8) is 0 Å². The molecule has 0 atom stereocenters. The molecular weight excluding hydrogens is 297 g/mol. The first-order chi connectivity index (χ1) is 9.49. The summed E-state index contributed by atoms with van der Waals surface area (Å²) < 4.78 is 5.25. The van der Waals surface area contributed by atoms with Gasteiger partial charge in [-0.2, -0.15) is 0 Å². The van der Waals surface area contributed by atoms with E-state index in [0.29, 0.717) is 26.9 Å². The number of carbonyl (C=O) groups is 1. The summed E-state index contributed by atoms with van der Waals surface area (Å²) in [5.41, 5.74) is 8.10. The van der Waals surface area contributed by atoms with Gasteiger partial charge in [-0.05, 0) is 30.7 Å². The number of carbonyl (C=O) groups excluding carboxylic acids is 1. The summed E-state index contributed by atoms with van der Waals surface area (Å²) in [5, 5.41) is 0.826. The Morgan fingerprint density at radius 1 is 1.25 bits per heavy atom. The van der Waals surface area contributed by atoms with Gasteiger partial charge in [0.2, 0.25) is 0 Å². The summed E-state index contributed by atoms with van der Waals surface area (Å²) in [4.78, 5) is 12.0. The van der Waals surface area contributed by atoms with Crippen molar-refractivity contribution in [2.75, 3.05) is 5.73 Å². The lowest BCUT2D eigenvalue weighted by molar-refractivity contribution is 0.0472. The van der Waals surface area contributed by atoms with Gasteiger partial charge < -0.3 is 10.5 Å². The van der Waals surface area contributed by atoms with E-state index in [2.05, 4.69) is 0 Å². The molecule has 0 unspecified atom stereocenters. The number of nitrogens with two attached hydrogens (primary N) is 1. The van der Waals surface area contributed by atoms with Crippen LogP contribution in [0.5, 0.6) is 0 Å². The molecule has 0 spiro atoms. The lowest BCUT2D eigenvalue weighted by Gasteiger charge is -2.09. The monoisotopic (exact) mass is 309 g/mol. The summed E-state index contributed by atoms with van der Waals surface area (Å²) in [7, 11) is 0. The average molecular weight is 310 g/mol. The molecule has 0 radical (unpaired) electrons. The Hall–Kier alpha value is -1.71. The number of esters is 1. The van der Waals surface area contributed by atoms with Crippen molar-refractivity contribution in [3.8, 4) is 0 Å². The van der Waals surface area contributed by atoms with E-state index in [1.165, 1.54) is 0 Å². The summed E-state index contributed by atoms with van der Waals surface area (Å²) >= 11 is 11.9. The van der Waals surface area contributed by atoms with Gasteiger partial charge in [0.05, 0.1) is 15.6 Å². The first kappa shape index (κ1) is 14.7. The lowest BCUT2D eigenvalue weighted by atomic mass is 10.1. The maximum Gasteiger partial charge on any atom is 0.338 e. The highest BCUT2D eigenvalue weighted by atomic mass is 35.5. The van der Waals surface area contributed by atoms with Crippen molar-refractivity contribution >= 4 is 34.9 Å². The zero-order valence-electron chi connectivity index (χ0n) is 10.8. The van der Waals surface area contributed by atoms with Gasteiger partial charge in [0.15, 0.2) is 0 Å². The quantitative estimate of drug-likeness (QED) is 0.681. The number of benzene rings is 2. The predicted molar refractivity (Wildman–Crippen MR) is 81.2 cm³/mol. The van der Waals surface area contributed by atoms with E-state index in [-0.39, 0.29) is 6.61 Å². The summed E-state index contributed by atoms with van der Waals surface area (Å²) in [6.45, 7) is 1.88. The molecule has 0 saturated heterocycles. The number of anilines is 1. The van der Waals surface area contributed by atoms with Crippen molar-refractivity contribution in [1.82, 2.24) is 0 Å². The largest absolute Gasteiger partial charge is 0.457 e. The van der Waals surface area contributed by atoms with Crippen LogP contribution in [0.25, 0.3) is 0 Å². The second-order valence-corrected chi connectivity index (χ2v) is 5.15. The van der Waals surface area contributed by atoms with E-state index in [4.69, 9.17) is 33.7 Å². The normalized spacial score (nSPS) is 10.3. The molecular formula is C15H13Cl2NO2. The standard InChI is InChI=1S/C15H13Cl2NO2/c1-9-5-6-11(18)7-12(9)15(19)20-8-10-3-2-4-13(16)14(10)17/h2-7H,8,18H2,1H3. The van der Waals surface area contributed by atoms with Gasteiger partial charge in [-0.25, -0.2) is 4.79 Å². The van der Waals surface area contributed by atoms with E-state index in [9.17, 15) is 4.79 Å². The molecule has 0 aliphatic carbocycles. The first-order valence-corrected chi connectivity index (χ1v) is 6.71. The van der Waals surface area contributed by atoms with Crippen LogP contribution in [0.4, 0.5) is 5.69 Å². The molecule has 3 nitrogen and oxygen atoms in total. The smallest absolute Gasteiger partial charge is 0.338 e. The number of ether oxygens (including phenoxy) is 1. The van der Waals surface area contributed by atoms with Gasteiger partial charge in [-0.3, -0.25) is 0 Å². The maximum absolute atomic E-state index is 12.0. The molecule has 0 aliphatic rings. The fraction of sp³-hybridized carbons (Fsp3) is 0.133. The molecule has 0 bridgehead atoms. The van der Waals surface area contributed by atoms with Crippen LogP contribution in [0.1, 0.15) is 21.5 Å². The number of hydrogen-bond acceptors (Lipinski definition) is 3. The molecule has 0 amide bonds. The second kappa shape index (κ2) is 6.16. The topological polar surface area (TPSA) is 52.3 Å². The molecule has 2 N–H and O–H groups in total. The number of aryl methyl sites for hydroxylation is 1. The number of halogens is 2. The molecule has 0 aromatic heterocycles. The molecule has 2 rings (SSSR count). The maximum atomic E-state index is 12.0. The molecule has 2 aromatic rings. The van der Waals surface area contributed by atoms with E-state index >= 15 is 0 Å².